The van der Waals surface area contributed by atoms with Crippen molar-refractivity contribution < 1.29 is 15.0 Å². The molecule has 102 valence electrons. The minimum absolute atomic E-state index is 0.213. The number of carboxylic acids is 1. The smallest absolute Gasteiger partial charge is 0.303 e. The minimum Gasteiger partial charge on any atom is -0.481 e. The second-order valence-corrected chi connectivity index (χ2v) is 4.04. The van der Waals surface area contributed by atoms with Gasteiger partial charge in [-0.05, 0) is 38.5 Å². The van der Waals surface area contributed by atoms with Gasteiger partial charge in [0.25, 0.3) is 0 Å². The average Bonchev–Trinajstić information content (AvgIpc) is 2.34. The molecule has 0 aliphatic heterocycles. The van der Waals surface area contributed by atoms with E-state index in [1.54, 1.807) is 0 Å². The predicted molar refractivity (Wildman–Crippen MR) is 74.5 cm³/mol. The van der Waals surface area contributed by atoms with E-state index in [1.807, 2.05) is 12.2 Å². The lowest BCUT2D eigenvalue weighted by molar-refractivity contribution is -0.137. The van der Waals surface area contributed by atoms with Crippen LogP contribution in [0.1, 0.15) is 44.9 Å². The number of unbranched alkanes of at least 4 members (excludes halogenated alkanes) is 2. The van der Waals surface area contributed by atoms with Crippen molar-refractivity contribution in [3.05, 3.63) is 36.5 Å². The summed E-state index contributed by atoms with van der Waals surface area (Å²) in [5.41, 5.74) is 0. The first-order valence-electron chi connectivity index (χ1n) is 6.55. The lowest BCUT2D eigenvalue weighted by Crippen LogP contribution is -1.92. The summed E-state index contributed by atoms with van der Waals surface area (Å²) < 4.78 is 0. The number of aliphatic carboxylic acids is 1. The van der Waals surface area contributed by atoms with Gasteiger partial charge in [-0.3, -0.25) is 4.79 Å². The Morgan fingerprint density at radius 1 is 0.833 bits per heavy atom. The fraction of sp³-hybridized carbons (Fsp3) is 0.533. The van der Waals surface area contributed by atoms with Crippen LogP contribution in [0.3, 0.4) is 0 Å². The predicted octanol–water partition coefficient (Wildman–Crippen LogP) is 3.46. The van der Waals surface area contributed by atoms with Crippen LogP contribution in [0.25, 0.3) is 0 Å². The normalized spacial score (nSPS) is 12.1. The molecule has 0 saturated heterocycles. The molecule has 0 fully saturated rings. The molecule has 0 aliphatic rings. The topological polar surface area (TPSA) is 57.5 Å². The number of hydrogen-bond donors (Lipinski definition) is 2. The van der Waals surface area contributed by atoms with Crippen LogP contribution in [0.2, 0.25) is 0 Å². The molecule has 0 rings (SSSR count). The van der Waals surface area contributed by atoms with Crippen LogP contribution in [0.15, 0.2) is 36.5 Å². The molecule has 0 aliphatic carbocycles. The molecule has 0 spiro atoms. The number of hydrogen-bond acceptors (Lipinski definition) is 2. The Kier molecular flexibility index (Phi) is 12.7. The quantitative estimate of drug-likeness (QED) is 0.437. The maximum Gasteiger partial charge on any atom is 0.303 e. The summed E-state index contributed by atoms with van der Waals surface area (Å²) in [7, 11) is 0. The summed E-state index contributed by atoms with van der Waals surface area (Å²) in [4.78, 5) is 10.3. The van der Waals surface area contributed by atoms with Gasteiger partial charge in [0.2, 0.25) is 0 Å². The minimum atomic E-state index is -0.712. The van der Waals surface area contributed by atoms with Crippen molar-refractivity contribution in [1.29, 1.82) is 0 Å². The van der Waals surface area contributed by atoms with Crippen LogP contribution in [-0.2, 0) is 4.79 Å². The molecule has 0 unspecified atom stereocenters. The third-order valence-corrected chi connectivity index (χ3v) is 2.35. The van der Waals surface area contributed by atoms with Crippen LogP contribution in [0.5, 0.6) is 0 Å². The van der Waals surface area contributed by atoms with Gasteiger partial charge in [-0.2, -0.15) is 0 Å². The largest absolute Gasteiger partial charge is 0.481 e. The van der Waals surface area contributed by atoms with E-state index in [9.17, 15) is 4.79 Å². The summed E-state index contributed by atoms with van der Waals surface area (Å²) in [6.45, 7) is 0.213. The molecule has 0 aromatic rings. The van der Waals surface area contributed by atoms with Crippen molar-refractivity contribution in [2.45, 2.75) is 44.9 Å². The Hall–Kier alpha value is -1.35. The van der Waals surface area contributed by atoms with Crippen LogP contribution < -0.4 is 0 Å². The van der Waals surface area contributed by atoms with Gasteiger partial charge in [0, 0.05) is 13.0 Å². The molecule has 0 saturated carbocycles. The molecule has 0 atom stereocenters. The van der Waals surface area contributed by atoms with Gasteiger partial charge in [-0.15, -0.1) is 0 Å². The third kappa shape index (κ3) is 14.6. The zero-order valence-electron chi connectivity index (χ0n) is 10.9. The number of carbonyl (C=O) groups is 1. The highest BCUT2D eigenvalue weighted by Gasteiger charge is 1.93. The molecule has 0 bridgehead atoms. The molecule has 0 heterocycles. The van der Waals surface area contributed by atoms with Crippen molar-refractivity contribution in [2.75, 3.05) is 6.61 Å². The van der Waals surface area contributed by atoms with Crippen molar-refractivity contribution >= 4 is 5.97 Å². The van der Waals surface area contributed by atoms with E-state index in [0.717, 1.165) is 38.5 Å². The van der Waals surface area contributed by atoms with Gasteiger partial charge in [-0.1, -0.05) is 36.5 Å². The highest BCUT2D eigenvalue weighted by atomic mass is 16.4. The van der Waals surface area contributed by atoms with Gasteiger partial charge < -0.3 is 10.2 Å². The Morgan fingerprint density at radius 2 is 1.39 bits per heavy atom. The highest BCUT2D eigenvalue weighted by Crippen LogP contribution is 2.01. The van der Waals surface area contributed by atoms with Gasteiger partial charge >= 0.3 is 5.97 Å². The molecular formula is C15H24O3. The first-order valence-corrected chi connectivity index (χ1v) is 6.55. The Morgan fingerprint density at radius 3 is 1.94 bits per heavy atom. The highest BCUT2D eigenvalue weighted by molar-refractivity contribution is 5.66. The Labute approximate surface area is 110 Å². The summed E-state index contributed by atoms with van der Waals surface area (Å²) in [6.07, 6.45) is 17.9. The Bertz CT molecular complexity index is 277. The van der Waals surface area contributed by atoms with Crippen molar-refractivity contribution in [2.24, 2.45) is 0 Å². The second kappa shape index (κ2) is 13.7. The maximum atomic E-state index is 10.3. The molecule has 0 aromatic heterocycles. The lowest BCUT2D eigenvalue weighted by atomic mass is 10.2. The van der Waals surface area contributed by atoms with E-state index in [2.05, 4.69) is 24.3 Å². The van der Waals surface area contributed by atoms with Crippen molar-refractivity contribution in [3.8, 4) is 0 Å². The first kappa shape index (κ1) is 16.6. The summed E-state index contributed by atoms with van der Waals surface area (Å²) in [5.74, 6) is -0.712. The average molecular weight is 252 g/mol. The van der Waals surface area contributed by atoms with E-state index in [0.29, 0.717) is 0 Å². The lowest BCUT2D eigenvalue weighted by Gasteiger charge is -1.92. The van der Waals surface area contributed by atoms with Gasteiger partial charge in [0.15, 0.2) is 0 Å². The van der Waals surface area contributed by atoms with E-state index in [-0.39, 0.29) is 13.0 Å². The number of allylic oxidation sites excluding steroid dienone is 5. The number of rotatable bonds is 11. The van der Waals surface area contributed by atoms with Crippen LogP contribution >= 0.6 is 0 Å². The SMILES string of the molecule is O=C(O)CCCCC=CCC=CCC=CCCO. The van der Waals surface area contributed by atoms with E-state index in [1.165, 1.54) is 0 Å². The summed E-state index contributed by atoms with van der Waals surface area (Å²) >= 11 is 0. The van der Waals surface area contributed by atoms with Crippen LogP contribution in [-0.4, -0.2) is 22.8 Å². The number of aliphatic hydroxyl groups excluding tert-OH is 1. The van der Waals surface area contributed by atoms with Crippen LogP contribution in [0, 0.1) is 0 Å². The zero-order valence-corrected chi connectivity index (χ0v) is 10.9. The van der Waals surface area contributed by atoms with E-state index in [4.69, 9.17) is 10.2 Å². The van der Waals surface area contributed by atoms with Gasteiger partial charge in [0.05, 0.1) is 0 Å². The van der Waals surface area contributed by atoms with Crippen molar-refractivity contribution in [3.63, 3.8) is 0 Å². The molecular weight excluding hydrogens is 228 g/mol. The molecule has 18 heavy (non-hydrogen) atoms. The summed E-state index contributed by atoms with van der Waals surface area (Å²) in [5, 5.41) is 17.0. The molecule has 3 nitrogen and oxygen atoms in total. The summed E-state index contributed by atoms with van der Waals surface area (Å²) in [6, 6.07) is 0. The standard InChI is InChI=1S/C15H24O3/c16-14-12-10-8-6-4-2-1-3-5-7-9-11-13-15(17)18/h2-5,8,10,16H,1,6-7,9,11-14H2,(H,17,18). The van der Waals surface area contributed by atoms with Crippen LogP contribution in [0.4, 0.5) is 0 Å². The molecule has 0 amide bonds. The maximum absolute atomic E-state index is 10.3. The number of aliphatic hydroxyl groups is 1. The first-order chi connectivity index (χ1) is 8.77. The number of carboxylic acid groups (broad SMARTS) is 1. The molecule has 0 radical (unpaired) electrons. The van der Waals surface area contributed by atoms with Gasteiger partial charge in [-0.25, -0.2) is 0 Å². The van der Waals surface area contributed by atoms with Gasteiger partial charge in [0.1, 0.15) is 0 Å². The van der Waals surface area contributed by atoms with E-state index < -0.39 is 5.97 Å². The monoisotopic (exact) mass is 252 g/mol. The van der Waals surface area contributed by atoms with Crippen molar-refractivity contribution in [1.82, 2.24) is 0 Å². The fourth-order valence-corrected chi connectivity index (χ4v) is 1.39. The molecule has 2 N–H and O–H groups in total. The molecule has 0 aromatic carbocycles. The zero-order chi connectivity index (χ0) is 13.5. The third-order valence-electron chi connectivity index (χ3n) is 2.35. The fourth-order valence-electron chi connectivity index (χ4n) is 1.39. The molecule has 3 heteroatoms. The Balaban J connectivity index is 3.31. The second-order valence-electron chi connectivity index (χ2n) is 4.04. The van der Waals surface area contributed by atoms with E-state index >= 15 is 0 Å².